The maximum atomic E-state index is 11.5. The van der Waals surface area contributed by atoms with E-state index < -0.39 is 0 Å². The molecule has 0 aliphatic heterocycles. The number of hydrogen-bond acceptors (Lipinski definition) is 4. The van der Waals surface area contributed by atoms with Gasteiger partial charge in [0.2, 0.25) is 5.91 Å². The molecule has 1 aromatic carbocycles. The van der Waals surface area contributed by atoms with Crippen molar-refractivity contribution in [2.24, 2.45) is 5.92 Å². The first-order valence-electron chi connectivity index (χ1n) is 6.69. The molecule has 0 heterocycles. The Balaban J connectivity index is 2.44. The fourth-order valence-electron chi connectivity index (χ4n) is 1.47. The quantitative estimate of drug-likeness (QED) is 0.749. The van der Waals surface area contributed by atoms with Crippen LogP contribution in [0, 0.1) is 5.92 Å². The van der Waals surface area contributed by atoms with E-state index in [1.165, 1.54) is 0 Å². The minimum Gasteiger partial charge on any atom is -0.461 e. The number of benzene rings is 1. The van der Waals surface area contributed by atoms with E-state index in [-0.39, 0.29) is 31.0 Å². The maximum absolute atomic E-state index is 11.5. The summed E-state index contributed by atoms with van der Waals surface area (Å²) in [6.45, 7) is 3.81. The van der Waals surface area contributed by atoms with Crippen molar-refractivity contribution in [3.05, 3.63) is 29.8 Å². The van der Waals surface area contributed by atoms with Crippen molar-refractivity contribution < 1.29 is 19.4 Å². The molecule has 5 heteroatoms. The van der Waals surface area contributed by atoms with Gasteiger partial charge in [0.15, 0.2) is 0 Å². The Labute approximate surface area is 118 Å². The van der Waals surface area contributed by atoms with E-state index in [2.05, 4.69) is 5.32 Å². The lowest BCUT2D eigenvalue weighted by Gasteiger charge is -2.08. The van der Waals surface area contributed by atoms with Crippen molar-refractivity contribution in [1.29, 1.82) is 0 Å². The molecule has 0 saturated carbocycles. The Kier molecular flexibility index (Phi) is 6.73. The number of aliphatic hydroxyl groups is 1. The normalized spacial score (nSPS) is 10.4. The summed E-state index contributed by atoms with van der Waals surface area (Å²) < 4.78 is 5.11. The zero-order valence-electron chi connectivity index (χ0n) is 11.9. The molecule has 1 rings (SSSR count). The molecule has 0 aliphatic rings. The summed E-state index contributed by atoms with van der Waals surface area (Å²) in [7, 11) is 0. The third kappa shape index (κ3) is 5.84. The largest absolute Gasteiger partial charge is 0.461 e. The summed E-state index contributed by atoms with van der Waals surface area (Å²) in [5.74, 6) is -0.496. The van der Waals surface area contributed by atoms with Gasteiger partial charge in [0.1, 0.15) is 6.61 Å². The molecular weight excluding hydrogens is 258 g/mol. The lowest BCUT2D eigenvalue weighted by Crippen LogP contribution is -2.12. The number of esters is 1. The molecule has 110 valence electrons. The van der Waals surface area contributed by atoms with Crippen molar-refractivity contribution in [3.8, 4) is 0 Å². The van der Waals surface area contributed by atoms with E-state index in [0.29, 0.717) is 18.5 Å². The van der Waals surface area contributed by atoms with Crippen LogP contribution in [0.15, 0.2) is 24.3 Å². The average molecular weight is 279 g/mol. The van der Waals surface area contributed by atoms with Crippen LogP contribution in [0.1, 0.15) is 32.3 Å². The van der Waals surface area contributed by atoms with Crippen LogP contribution < -0.4 is 5.32 Å². The summed E-state index contributed by atoms with van der Waals surface area (Å²) >= 11 is 0. The number of carbonyl (C=O) groups excluding carboxylic acids is 2. The van der Waals surface area contributed by atoms with Gasteiger partial charge in [0.05, 0.1) is 5.92 Å². The van der Waals surface area contributed by atoms with Gasteiger partial charge in [-0.15, -0.1) is 0 Å². The van der Waals surface area contributed by atoms with Crippen molar-refractivity contribution in [1.82, 2.24) is 0 Å². The Morgan fingerprint density at radius 2 is 1.90 bits per heavy atom. The highest BCUT2D eigenvalue weighted by atomic mass is 16.5. The van der Waals surface area contributed by atoms with E-state index in [9.17, 15) is 9.59 Å². The van der Waals surface area contributed by atoms with Gasteiger partial charge in [-0.25, -0.2) is 0 Å². The molecule has 0 aromatic heterocycles. The van der Waals surface area contributed by atoms with Crippen LogP contribution >= 0.6 is 0 Å². The van der Waals surface area contributed by atoms with Crippen molar-refractivity contribution in [2.75, 3.05) is 11.9 Å². The second-order valence-electron chi connectivity index (χ2n) is 4.83. The van der Waals surface area contributed by atoms with Gasteiger partial charge >= 0.3 is 5.97 Å². The van der Waals surface area contributed by atoms with Crippen LogP contribution in [0.4, 0.5) is 5.69 Å². The van der Waals surface area contributed by atoms with Crippen molar-refractivity contribution >= 4 is 17.6 Å². The zero-order valence-corrected chi connectivity index (χ0v) is 11.9. The van der Waals surface area contributed by atoms with Gasteiger partial charge in [-0.2, -0.15) is 0 Å². The van der Waals surface area contributed by atoms with E-state index >= 15 is 0 Å². The van der Waals surface area contributed by atoms with E-state index in [1.54, 1.807) is 38.1 Å². The highest BCUT2D eigenvalue weighted by Crippen LogP contribution is 2.11. The van der Waals surface area contributed by atoms with Gasteiger partial charge in [-0.1, -0.05) is 26.0 Å². The first-order chi connectivity index (χ1) is 9.52. The lowest BCUT2D eigenvalue weighted by atomic mass is 10.2. The predicted octanol–water partition coefficient (Wildman–Crippen LogP) is 2.10. The molecule has 0 saturated heterocycles. The van der Waals surface area contributed by atoms with Gasteiger partial charge in [-0.05, 0) is 24.1 Å². The van der Waals surface area contributed by atoms with Crippen molar-refractivity contribution in [2.45, 2.75) is 33.3 Å². The average Bonchev–Trinajstić information content (AvgIpc) is 2.43. The second kappa shape index (κ2) is 8.32. The Morgan fingerprint density at radius 3 is 2.45 bits per heavy atom. The third-order valence-corrected chi connectivity index (χ3v) is 2.65. The minimum absolute atomic E-state index is 0.00752. The first-order valence-corrected chi connectivity index (χ1v) is 6.69. The zero-order chi connectivity index (χ0) is 15.0. The Hall–Kier alpha value is -1.88. The summed E-state index contributed by atoms with van der Waals surface area (Å²) in [5.41, 5.74) is 1.55. The van der Waals surface area contributed by atoms with Crippen LogP contribution in [0.5, 0.6) is 0 Å². The first kappa shape index (κ1) is 16.2. The number of aliphatic hydroxyl groups excluding tert-OH is 1. The molecule has 20 heavy (non-hydrogen) atoms. The molecule has 1 amide bonds. The molecular formula is C15H21NO4. The fourth-order valence-corrected chi connectivity index (χ4v) is 1.47. The molecule has 5 nitrogen and oxygen atoms in total. The monoisotopic (exact) mass is 279 g/mol. The number of ether oxygens (including phenoxy) is 1. The molecule has 2 N–H and O–H groups in total. The van der Waals surface area contributed by atoms with Crippen LogP contribution in [0.3, 0.4) is 0 Å². The Bertz CT molecular complexity index is 440. The third-order valence-electron chi connectivity index (χ3n) is 2.65. The molecule has 0 bridgehead atoms. The number of anilines is 1. The number of nitrogens with one attached hydrogen (secondary N) is 1. The van der Waals surface area contributed by atoms with Gasteiger partial charge in [-0.3, -0.25) is 9.59 Å². The number of amides is 1. The maximum Gasteiger partial charge on any atom is 0.308 e. The summed E-state index contributed by atoms with van der Waals surface area (Å²) in [6.07, 6.45) is 0.749. The molecule has 1 aromatic rings. The number of hydrogen-bond donors (Lipinski definition) is 2. The SMILES string of the molecule is CC(C)C(=O)OCc1ccc(NC(=O)CCCO)cc1. The van der Waals surface area contributed by atoms with E-state index in [0.717, 1.165) is 5.56 Å². The molecule has 0 radical (unpaired) electrons. The van der Waals surface area contributed by atoms with Crippen LogP contribution in [0.25, 0.3) is 0 Å². The fraction of sp³-hybridized carbons (Fsp3) is 0.467. The van der Waals surface area contributed by atoms with Crippen LogP contribution in [-0.2, 0) is 20.9 Å². The highest BCUT2D eigenvalue weighted by molar-refractivity contribution is 5.90. The number of rotatable bonds is 7. The molecule has 0 fully saturated rings. The number of carbonyl (C=O) groups is 2. The van der Waals surface area contributed by atoms with Gasteiger partial charge in [0.25, 0.3) is 0 Å². The van der Waals surface area contributed by atoms with Gasteiger partial charge in [0, 0.05) is 18.7 Å². The second-order valence-corrected chi connectivity index (χ2v) is 4.83. The van der Waals surface area contributed by atoms with Gasteiger partial charge < -0.3 is 15.2 Å². The van der Waals surface area contributed by atoms with Crippen LogP contribution in [0.2, 0.25) is 0 Å². The summed E-state index contributed by atoms with van der Waals surface area (Å²) in [5, 5.41) is 11.4. The molecule has 0 spiro atoms. The van der Waals surface area contributed by atoms with Crippen LogP contribution in [-0.4, -0.2) is 23.6 Å². The predicted molar refractivity (Wildman–Crippen MR) is 76.0 cm³/mol. The minimum atomic E-state index is -0.230. The lowest BCUT2D eigenvalue weighted by molar-refractivity contribution is -0.148. The van der Waals surface area contributed by atoms with E-state index in [4.69, 9.17) is 9.84 Å². The summed E-state index contributed by atoms with van der Waals surface area (Å²) in [4.78, 5) is 22.8. The van der Waals surface area contributed by atoms with E-state index in [1.807, 2.05) is 0 Å². The summed E-state index contributed by atoms with van der Waals surface area (Å²) in [6, 6.07) is 7.12. The van der Waals surface area contributed by atoms with Crippen molar-refractivity contribution in [3.63, 3.8) is 0 Å². The standard InChI is InChI=1S/C15H21NO4/c1-11(2)15(19)20-10-12-5-7-13(8-6-12)16-14(18)4-3-9-17/h5-8,11,17H,3-4,9-10H2,1-2H3,(H,16,18). The molecule has 0 atom stereocenters. The topological polar surface area (TPSA) is 75.6 Å². The smallest absolute Gasteiger partial charge is 0.308 e. The molecule has 0 aliphatic carbocycles. The highest BCUT2D eigenvalue weighted by Gasteiger charge is 2.08. The Morgan fingerprint density at radius 1 is 1.25 bits per heavy atom. The molecule has 0 unspecified atom stereocenters.